The van der Waals surface area contributed by atoms with E-state index in [0.29, 0.717) is 11.4 Å². The van der Waals surface area contributed by atoms with Crippen LogP contribution in [0.3, 0.4) is 0 Å². The zero-order chi connectivity index (χ0) is 15.7. The fourth-order valence-corrected chi connectivity index (χ4v) is 2.09. The highest BCUT2D eigenvalue weighted by Crippen LogP contribution is 2.29. The van der Waals surface area contributed by atoms with Crippen LogP contribution in [0.25, 0.3) is 16.8 Å². The van der Waals surface area contributed by atoms with E-state index in [0.717, 1.165) is 23.3 Å². The molecule has 22 heavy (non-hydrogen) atoms. The van der Waals surface area contributed by atoms with Crippen molar-refractivity contribution in [2.45, 2.75) is 6.18 Å². The lowest BCUT2D eigenvalue weighted by atomic mass is 10.1. The Hall–Kier alpha value is -2.76. The molecule has 0 fully saturated rings. The first-order valence-corrected chi connectivity index (χ1v) is 6.52. The first-order chi connectivity index (χ1) is 10.4. The average molecular weight is 303 g/mol. The summed E-state index contributed by atoms with van der Waals surface area (Å²) in [7, 11) is 0. The molecule has 0 aliphatic rings. The van der Waals surface area contributed by atoms with Crippen LogP contribution < -0.4 is 5.73 Å². The number of nitrogen functional groups attached to an aromatic ring is 1. The van der Waals surface area contributed by atoms with Crippen molar-refractivity contribution in [3.8, 4) is 16.8 Å². The molecule has 1 heterocycles. The van der Waals surface area contributed by atoms with Gasteiger partial charge in [0, 0.05) is 17.4 Å². The number of alkyl halides is 3. The zero-order valence-electron chi connectivity index (χ0n) is 11.4. The van der Waals surface area contributed by atoms with E-state index < -0.39 is 11.7 Å². The summed E-state index contributed by atoms with van der Waals surface area (Å²) < 4.78 is 39.2. The van der Waals surface area contributed by atoms with Gasteiger partial charge in [-0.2, -0.15) is 18.3 Å². The second kappa shape index (κ2) is 5.22. The second-order valence-corrected chi connectivity index (χ2v) is 4.84. The SMILES string of the molecule is Nc1ccc(-c2cnn(-c3ccc(C(F)(F)F)cc3)c2)cc1. The summed E-state index contributed by atoms with van der Waals surface area (Å²) in [4.78, 5) is 0. The molecule has 0 saturated heterocycles. The van der Waals surface area contributed by atoms with Crippen LogP contribution in [0.15, 0.2) is 60.9 Å². The number of anilines is 1. The lowest BCUT2D eigenvalue weighted by Crippen LogP contribution is -2.05. The van der Waals surface area contributed by atoms with Gasteiger partial charge in [0.25, 0.3) is 0 Å². The van der Waals surface area contributed by atoms with Crippen molar-refractivity contribution in [3.05, 3.63) is 66.5 Å². The van der Waals surface area contributed by atoms with Crippen molar-refractivity contribution in [2.24, 2.45) is 0 Å². The number of hydrogen-bond donors (Lipinski definition) is 1. The molecule has 0 aliphatic heterocycles. The average Bonchev–Trinajstić information content (AvgIpc) is 2.97. The topological polar surface area (TPSA) is 43.8 Å². The summed E-state index contributed by atoms with van der Waals surface area (Å²) in [6, 6.07) is 12.2. The van der Waals surface area contributed by atoms with E-state index in [1.165, 1.54) is 16.8 Å². The van der Waals surface area contributed by atoms with Crippen LogP contribution in [0.5, 0.6) is 0 Å². The van der Waals surface area contributed by atoms with Crippen LogP contribution in [0.1, 0.15) is 5.56 Å². The largest absolute Gasteiger partial charge is 0.416 e. The van der Waals surface area contributed by atoms with E-state index in [2.05, 4.69) is 5.10 Å². The van der Waals surface area contributed by atoms with Crippen LogP contribution in [-0.4, -0.2) is 9.78 Å². The van der Waals surface area contributed by atoms with Crippen LogP contribution in [0, 0.1) is 0 Å². The van der Waals surface area contributed by atoms with Gasteiger partial charge in [-0.1, -0.05) is 12.1 Å². The van der Waals surface area contributed by atoms with Gasteiger partial charge >= 0.3 is 6.18 Å². The highest BCUT2D eigenvalue weighted by molar-refractivity contribution is 5.64. The minimum Gasteiger partial charge on any atom is -0.399 e. The fourth-order valence-electron chi connectivity index (χ4n) is 2.09. The molecule has 0 amide bonds. The quantitative estimate of drug-likeness (QED) is 0.723. The lowest BCUT2D eigenvalue weighted by Gasteiger charge is -2.07. The third-order valence-corrected chi connectivity index (χ3v) is 3.29. The number of rotatable bonds is 2. The number of nitrogens with two attached hydrogens (primary N) is 1. The maximum atomic E-state index is 12.5. The molecule has 3 rings (SSSR count). The van der Waals surface area contributed by atoms with Crippen molar-refractivity contribution < 1.29 is 13.2 Å². The zero-order valence-corrected chi connectivity index (χ0v) is 11.4. The number of aromatic nitrogens is 2. The Bertz CT molecular complexity index is 772. The summed E-state index contributed by atoms with van der Waals surface area (Å²) in [6.07, 6.45) is -0.922. The first-order valence-electron chi connectivity index (χ1n) is 6.52. The molecule has 2 N–H and O–H groups in total. The van der Waals surface area contributed by atoms with E-state index in [1.54, 1.807) is 24.5 Å². The second-order valence-electron chi connectivity index (χ2n) is 4.84. The third kappa shape index (κ3) is 2.81. The minimum atomic E-state index is -4.34. The molecule has 0 radical (unpaired) electrons. The summed E-state index contributed by atoms with van der Waals surface area (Å²) in [5.41, 5.74) is 7.99. The Morgan fingerprint density at radius 3 is 2.09 bits per heavy atom. The highest BCUT2D eigenvalue weighted by atomic mass is 19.4. The Morgan fingerprint density at radius 2 is 1.50 bits per heavy atom. The molecule has 1 aromatic heterocycles. The monoisotopic (exact) mass is 303 g/mol. The summed E-state index contributed by atoms with van der Waals surface area (Å²) >= 11 is 0. The molecule has 0 aliphatic carbocycles. The normalized spacial score (nSPS) is 11.6. The molecule has 0 bridgehead atoms. The van der Waals surface area contributed by atoms with Gasteiger partial charge in [0.15, 0.2) is 0 Å². The first kappa shape index (κ1) is 14.2. The van der Waals surface area contributed by atoms with Gasteiger partial charge < -0.3 is 5.73 Å². The van der Waals surface area contributed by atoms with Crippen LogP contribution in [-0.2, 0) is 6.18 Å². The fraction of sp³-hybridized carbons (Fsp3) is 0.0625. The minimum absolute atomic E-state index is 0.565. The van der Waals surface area contributed by atoms with Crippen molar-refractivity contribution in [2.75, 3.05) is 5.73 Å². The maximum absolute atomic E-state index is 12.5. The van der Waals surface area contributed by atoms with E-state index in [4.69, 9.17) is 5.73 Å². The predicted molar refractivity (Wildman–Crippen MR) is 78.4 cm³/mol. The van der Waals surface area contributed by atoms with Crippen molar-refractivity contribution in [1.29, 1.82) is 0 Å². The van der Waals surface area contributed by atoms with Gasteiger partial charge in [-0.15, -0.1) is 0 Å². The third-order valence-electron chi connectivity index (χ3n) is 3.29. The van der Waals surface area contributed by atoms with E-state index >= 15 is 0 Å². The molecule has 0 unspecified atom stereocenters. The van der Waals surface area contributed by atoms with Crippen LogP contribution in [0.4, 0.5) is 18.9 Å². The highest BCUT2D eigenvalue weighted by Gasteiger charge is 2.30. The van der Waals surface area contributed by atoms with E-state index in [9.17, 15) is 13.2 Å². The molecular weight excluding hydrogens is 291 g/mol. The van der Waals surface area contributed by atoms with Gasteiger partial charge in [-0.25, -0.2) is 4.68 Å². The number of nitrogens with zero attached hydrogens (tertiary/aromatic N) is 2. The molecule has 0 spiro atoms. The summed E-state index contributed by atoms with van der Waals surface area (Å²) in [5.74, 6) is 0. The number of hydrogen-bond acceptors (Lipinski definition) is 2. The number of benzene rings is 2. The van der Waals surface area contributed by atoms with Crippen LogP contribution >= 0.6 is 0 Å². The summed E-state index contributed by atoms with van der Waals surface area (Å²) in [5, 5.41) is 4.18. The van der Waals surface area contributed by atoms with Gasteiger partial charge in [-0.05, 0) is 42.0 Å². The van der Waals surface area contributed by atoms with Crippen molar-refractivity contribution in [3.63, 3.8) is 0 Å². The molecule has 0 atom stereocenters. The molecular formula is C16H12F3N3. The predicted octanol–water partition coefficient (Wildman–Crippen LogP) is 4.14. The Labute approximate surface area is 124 Å². The Kier molecular flexibility index (Phi) is 3.36. The molecule has 0 saturated carbocycles. The summed E-state index contributed by atoms with van der Waals surface area (Å²) in [6.45, 7) is 0. The maximum Gasteiger partial charge on any atom is 0.416 e. The lowest BCUT2D eigenvalue weighted by molar-refractivity contribution is -0.137. The van der Waals surface area contributed by atoms with E-state index in [-0.39, 0.29) is 0 Å². The smallest absolute Gasteiger partial charge is 0.399 e. The molecule has 3 nitrogen and oxygen atoms in total. The van der Waals surface area contributed by atoms with Crippen molar-refractivity contribution >= 4 is 5.69 Å². The molecule has 6 heteroatoms. The van der Waals surface area contributed by atoms with E-state index in [1.807, 2.05) is 12.1 Å². The Balaban J connectivity index is 1.89. The van der Waals surface area contributed by atoms with Gasteiger partial charge in [-0.3, -0.25) is 0 Å². The van der Waals surface area contributed by atoms with Gasteiger partial charge in [0.2, 0.25) is 0 Å². The number of halogens is 3. The van der Waals surface area contributed by atoms with Gasteiger partial charge in [0.05, 0.1) is 17.4 Å². The van der Waals surface area contributed by atoms with Gasteiger partial charge in [0.1, 0.15) is 0 Å². The van der Waals surface area contributed by atoms with Crippen LogP contribution in [0.2, 0.25) is 0 Å². The van der Waals surface area contributed by atoms with Crippen molar-refractivity contribution in [1.82, 2.24) is 9.78 Å². The Morgan fingerprint density at radius 1 is 0.864 bits per heavy atom. The standard InChI is InChI=1S/C16H12F3N3/c17-16(18,19)13-3-7-15(8-4-13)22-10-12(9-21-22)11-1-5-14(20)6-2-11/h1-10H,20H2. The molecule has 112 valence electrons. The molecule has 2 aromatic carbocycles. The molecule has 3 aromatic rings.